The van der Waals surface area contributed by atoms with Gasteiger partial charge in [0.25, 0.3) is 11.8 Å². The van der Waals surface area contributed by atoms with Crippen molar-refractivity contribution in [2.75, 3.05) is 6.26 Å². The maximum Gasteiger partial charge on any atom is 0.254 e. The number of sulfonamides is 1. The number of hydrogen-bond donors (Lipinski definition) is 2. The Labute approximate surface area is 250 Å². The molecule has 2 amide bonds. The first-order chi connectivity index (χ1) is 20.1. The molecule has 1 fully saturated rings. The van der Waals surface area contributed by atoms with Crippen molar-refractivity contribution in [3.63, 3.8) is 0 Å². The maximum atomic E-state index is 14.1. The average molecular weight is 615 g/mol. The Kier molecular flexibility index (Phi) is 10.5. The summed E-state index contributed by atoms with van der Waals surface area (Å²) in [5.74, 6) is 0.185. The van der Waals surface area contributed by atoms with E-state index in [1.807, 2.05) is 0 Å². The van der Waals surface area contributed by atoms with Crippen LogP contribution in [-0.2, 0) is 26.3 Å². The standard InChI is InChI=1S/C30H32ClFN4O5S/c1-3-9-20(31)10-8-15-27-28(29(37)34-41-19-22-17-16-21(32)18-33-22)23-11-4-5-12-24(23)30(38)36(27)26-14-7-6-13-25(26)35-42(2,39)40/h1,4-5,8-12,16-18,25-28,35H,6-7,13-15,19H2,2H3,(H,34,37)/b10-8-,20-9+/t25-,26-,27-,28+/m0/s1. The molecule has 1 aromatic heterocycles. The number of amides is 2. The van der Waals surface area contributed by atoms with E-state index in [0.717, 1.165) is 25.3 Å². The highest BCUT2D eigenvalue weighted by atomic mass is 35.5. The molecule has 222 valence electrons. The van der Waals surface area contributed by atoms with Crippen molar-refractivity contribution < 1.29 is 27.2 Å². The second-order valence-electron chi connectivity index (χ2n) is 10.2. The van der Waals surface area contributed by atoms with Crippen molar-refractivity contribution in [1.29, 1.82) is 0 Å². The van der Waals surface area contributed by atoms with Gasteiger partial charge in [-0.3, -0.25) is 19.4 Å². The van der Waals surface area contributed by atoms with Crippen molar-refractivity contribution in [1.82, 2.24) is 20.1 Å². The summed E-state index contributed by atoms with van der Waals surface area (Å²) in [4.78, 5) is 38.9. The fourth-order valence-electron chi connectivity index (χ4n) is 5.62. The molecule has 2 heterocycles. The monoisotopic (exact) mass is 614 g/mol. The maximum absolute atomic E-state index is 14.1. The Morgan fingerprint density at radius 3 is 2.74 bits per heavy atom. The minimum absolute atomic E-state index is 0.108. The van der Waals surface area contributed by atoms with Gasteiger partial charge in [0.05, 0.1) is 30.1 Å². The van der Waals surface area contributed by atoms with Crippen molar-refractivity contribution >= 4 is 33.4 Å². The molecule has 0 radical (unpaired) electrons. The van der Waals surface area contributed by atoms with Crippen LogP contribution in [0.25, 0.3) is 0 Å². The summed E-state index contributed by atoms with van der Waals surface area (Å²) in [6.07, 6.45) is 15.1. The molecule has 42 heavy (non-hydrogen) atoms. The number of allylic oxidation sites excluding steroid dienone is 3. The number of benzene rings is 1. The second-order valence-corrected chi connectivity index (χ2v) is 12.5. The van der Waals surface area contributed by atoms with E-state index in [9.17, 15) is 22.4 Å². The lowest BCUT2D eigenvalue weighted by atomic mass is 9.78. The summed E-state index contributed by atoms with van der Waals surface area (Å²) in [7, 11) is -3.57. The molecule has 2 aromatic rings. The average Bonchev–Trinajstić information content (AvgIpc) is 2.94. The van der Waals surface area contributed by atoms with Crippen molar-refractivity contribution in [2.45, 2.75) is 62.8 Å². The molecule has 1 aromatic carbocycles. The predicted molar refractivity (Wildman–Crippen MR) is 157 cm³/mol. The highest BCUT2D eigenvalue weighted by molar-refractivity contribution is 7.88. The zero-order valence-corrected chi connectivity index (χ0v) is 24.6. The van der Waals surface area contributed by atoms with E-state index in [0.29, 0.717) is 34.7 Å². The van der Waals surface area contributed by atoms with Crippen molar-refractivity contribution in [3.8, 4) is 12.3 Å². The summed E-state index contributed by atoms with van der Waals surface area (Å²) in [6, 6.07) is 7.81. The minimum Gasteiger partial charge on any atom is -0.330 e. The molecule has 0 saturated heterocycles. The summed E-state index contributed by atoms with van der Waals surface area (Å²) in [5, 5.41) is 0.303. The second kappa shape index (κ2) is 14.1. The molecule has 2 aliphatic rings. The Bertz CT molecular complexity index is 1510. The van der Waals surface area contributed by atoms with Crippen LogP contribution < -0.4 is 10.2 Å². The summed E-state index contributed by atoms with van der Waals surface area (Å²) < 4.78 is 40.4. The number of aromatic nitrogens is 1. The van der Waals surface area contributed by atoms with Crippen LogP contribution in [0.3, 0.4) is 0 Å². The van der Waals surface area contributed by atoms with Crippen LogP contribution in [-0.4, -0.2) is 54.5 Å². The fraction of sp³-hybridized carbons (Fsp3) is 0.367. The molecule has 2 N–H and O–H groups in total. The van der Waals surface area contributed by atoms with Crippen molar-refractivity contribution in [2.24, 2.45) is 0 Å². The third-order valence-electron chi connectivity index (χ3n) is 7.29. The molecule has 1 aliphatic carbocycles. The fourth-order valence-corrected chi connectivity index (χ4v) is 6.60. The van der Waals surface area contributed by atoms with Gasteiger partial charge in [-0.2, -0.15) is 0 Å². The van der Waals surface area contributed by atoms with Gasteiger partial charge >= 0.3 is 0 Å². The zero-order chi connectivity index (χ0) is 30.3. The van der Waals surface area contributed by atoms with Crippen LogP contribution in [0.1, 0.15) is 59.6 Å². The summed E-state index contributed by atoms with van der Waals surface area (Å²) in [6.45, 7) is -0.108. The summed E-state index contributed by atoms with van der Waals surface area (Å²) in [5.41, 5.74) is 3.76. The number of hydroxylamine groups is 1. The summed E-state index contributed by atoms with van der Waals surface area (Å²) >= 11 is 6.17. The van der Waals surface area contributed by atoms with Gasteiger partial charge in [0, 0.05) is 28.8 Å². The molecule has 1 aliphatic heterocycles. The van der Waals surface area contributed by atoms with Gasteiger partial charge in [-0.25, -0.2) is 23.0 Å². The molecular formula is C30H32ClFN4O5S. The number of rotatable bonds is 10. The lowest BCUT2D eigenvalue weighted by Gasteiger charge is -2.48. The van der Waals surface area contributed by atoms with Crippen LogP contribution in [0.2, 0.25) is 0 Å². The number of halogens is 2. The van der Waals surface area contributed by atoms with E-state index in [1.54, 1.807) is 41.3 Å². The normalized spacial score (nSPS) is 23.0. The lowest BCUT2D eigenvalue weighted by Crippen LogP contribution is -2.62. The minimum atomic E-state index is -3.57. The van der Waals surface area contributed by atoms with E-state index >= 15 is 0 Å². The first-order valence-corrected chi connectivity index (χ1v) is 15.7. The molecule has 1 saturated carbocycles. The number of fused-ring (bicyclic) bond motifs is 1. The third-order valence-corrected chi connectivity index (χ3v) is 8.26. The number of hydrogen-bond acceptors (Lipinski definition) is 6. The largest absolute Gasteiger partial charge is 0.330 e. The Morgan fingerprint density at radius 2 is 2.02 bits per heavy atom. The molecule has 4 rings (SSSR count). The van der Waals surface area contributed by atoms with Gasteiger partial charge in [-0.15, -0.1) is 6.42 Å². The van der Waals surface area contributed by atoms with Gasteiger partial charge in [0.15, 0.2) is 0 Å². The Morgan fingerprint density at radius 1 is 1.26 bits per heavy atom. The first kappa shape index (κ1) is 31.4. The Hall–Kier alpha value is -3.56. The number of terminal acetylenes is 1. The van der Waals surface area contributed by atoms with Gasteiger partial charge < -0.3 is 4.90 Å². The molecule has 0 spiro atoms. The van der Waals surface area contributed by atoms with E-state index in [4.69, 9.17) is 22.9 Å². The van der Waals surface area contributed by atoms with Crippen LogP contribution in [0.5, 0.6) is 0 Å². The highest BCUT2D eigenvalue weighted by Crippen LogP contribution is 2.39. The molecule has 0 unspecified atom stereocenters. The molecule has 0 bridgehead atoms. The number of carbonyl (C=O) groups is 2. The zero-order valence-electron chi connectivity index (χ0n) is 23.0. The predicted octanol–water partition coefficient (Wildman–Crippen LogP) is 3.94. The molecule has 9 nitrogen and oxygen atoms in total. The van der Waals surface area contributed by atoms with Gasteiger partial charge in [-0.1, -0.05) is 54.6 Å². The van der Waals surface area contributed by atoms with E-state index in [1.165, 1.54) is 18.2 Å². The van der Waals surface area contributed by atoms with Gasteiger partial charge in [-0.05, 0) is 49.1 Å². The van der Waals surface area contributed by atoms with Crippen LogP contribution in [0, 0.1) is 18.2 Å². The molecular weight excluding hydrogens is 583 g/mol. The number of pyridine rings is 1. The SMILES string of the molecule is C#C/C=C(Cl)\C=C/C[C@H]1[C@H](C(=O)NOCc2ccc(F)cn2)c2ccccc2C(=O)N1[C@H]1CCCC[C@@H]1NS(C)(=O)=O. The van der Waals surface area contributed by atoms with E-state index in [-0.39, 0.29) is 18.9 Å². The number of nitrogens with zero attached hydrogens (tertiary/aromatic N) is 2. The third kappa shape index (κ3) is 7.83. The highest BCUT2D eigenvalue weighted by Gasteiger charge is 2.47. The number of carbonyl (C=O) groups excluding carboxylic acids is 2. The van der Waals surface area contributed by atoms with Crippen LogP contribution >= 0.6 is 11.6 Å². The van der Waals surface area contributed by atoms with Crippen LogP contribution in [0.4, 0.5) is 4.39 Å². The van der Waals surface area contributed by atoms with Crippen LogP contribution in [0.15, 0.2) is 65.9 Å². The van der Waals surface area contributed by atoms with Gasteiger partial charge in [0.2, 0.25) is 10.0 Å². The van der Waals surface area contributed by atoms with Gasteiger partial charge in [0.1, 0.15) is 12.4 Å². The molecule has 4 atom stereocenters. The Balaban J connectivity index is 1.71. The lowest BCUT2D eigenvalue weighted by molar-refractivity contribution is -0.138. The number of nitrogens with one attached hydrogen (secondary N) is 2. The smallest absolute Gasteiger partial charge is 0.254 e. The van der Waals surface area contributed by atoms with E-state index < -0.39 is 45.8 Å². The quantitative estimate of drug-likeness (QED) is 0.238. The van der Waals surface area contributed by atoms with Crippen molar-refractivity contribution in [3.05, 3.63) is 88.5 Å². The topological polar surface area (TPSA) is 118 Å². The van der Waals surface area contributed by atoms with E-state index in [2.05, 4.69) is 21.1 Å². The molecule has 12 heteroatoms. The first-order valence-electron chi connectivity index (χ1n) is 13.5.